The van der Waals surface area contributed by atoms with Gasteiger partial charge in [-0.15, -0.1) is 11.3 Å². The number of aryl methyl sites for hydroxylation is 2. The molecule has 5 heteroatoms. The number of fused-ring (bicyclic) bond motifs is 1. The fourth-order valence-corrected chi connectivity index (χ4v) is 3.79. The number of amides is 1. The van der Waals surface area contributed by atoms with Gasteiger partial charge in [-0.25, -0.2) is 0 Å². The molecule has 0 radical (unpaired) electrons. The van der Waals surface area contributed by atoms with Crippen LogP contribution in [0.4, 0.5) is 0 Å². The Hall–Kier alpha value is -1.62. The van der Waals surface area contributed by atoms with E-state index in [9.17, 15) is 4.79 Å². The Kier molecular flexibility index (Phi) is 3.87. The average Bonchev–Trinajstić information content (AvgIpc) is 3.06. The number of aromatic nitrogens is 2. The summed E-state index contributed by atoms with van der Waals surface area (Å²) in [5.74, 6) is 0.0454. The van der Waals surface area contributed by atoms with Crippen molar-refractivity contribution in [2.24, 2.45) is 0 Å². The van der Waals surface area contributed by atoms with Gasteiger partial charge in [-0.1, -0.05) is 0 Å². The van der Waals surface area contributed by atoms with E-state index >= 15 is 0 Å². The lowest BCUT2D eigenvalue weighted by atomic mass is 9.99. The summed E-state index contributed by atoms with van der Waals surface area (Å²) in [5.41, 5.74) is 1.38. The summed E-state index contributed by atoms with van der Waals surface area (Å²) in [7, 11) is 0. The highest BCUT2D eigenvalue weighted by Crippen LogP contribution is 2.29. The van der Waals surface area contributed by atoms with Crippen LogP contribution < -0.4 is 5.32 Å². The molecule has 106 valence electrons. The third-order valence-electron chi connectivity index (χ3n) is 3.62. The second-order valence-electron chi connectivity index (χ2n) is 5.37. The van der Waals surface area contributed by atoms with Crippen molar-refractivity contribution in [1.29, 1.82) is 0 Å². The van der Waals surface area contributed by atoms with Crippen LogP contribution in [-0.2, 0) is 19.4 Å². The Balaban J connectivity index is 1.62. The third-order valence-corrected chi connectivity index (χ3v) is 4.85. The molecule has 20 heavy (non-hydrogen) atoms. The van der Waals surface area contributed by atoms with Crippen LogP contribution in [0.15, 0.2) is 24.5 Å². The lowest BCUT2D eigenvalue weighted by Crippen LogP contribution is -2.35. The normalized spacial score (nSPS) is 15.7. The first-order valence-electron chi connectivity index (χ1n) is 7.12. The summed E-state index contributed by atoms with van der Waals surface area (Å²) < 4.78 is 1.84. The summed E-state index contributed by atoms with van der Waals surface area (Å²) in [6, 6.07) is 4.04. The van der Waals surface area contributed by atoms with E-state index in [1.807, 2.05) is 23.9 Å². The van der Waals surface area contributed by atoms with Gasteiger partial charge >= 0.3 is 0 Å². The van der Waals surface area contributed by atoms with E-state index in [1.54, 1.807) is 17.5 Å². The first-order valence-corrected chi connectivity index (χ1v) is 7.94. The molecule has 1 amide bonds. The number of hydrogen-bond acceptors (Lipinski definition) is 3. The number of thiophene rings is 1. The van der Waals surface area contributed by atoms with Gasteiger partial charge in [-0.3, -0.25) is 9.48 Å². The van der Waals surface area contributed by atoms with E-state index in [2.05, 4.69) is 16.5 Å². The molecule has 0 bridgehead atoms. The van der Waals surface area contributed by atoms with Gasteiger partial charge in [0.05, 0.1) is 11.4 Å². The van der Waals surface area contributed by atoms with Crippen molar-refractivity contribution < 1.29 is 4.79 Å². The van der Waals surface area contributed by atoms with E-state index in [-0.39, 0.29) is 11.9 Å². The van der Waals surface area contributed by atoms with Crippen molar-refractivity contribution in [3.8, 4) is 0 Å². The standard InChI is InChI=1S/C15H19N3OS/c1-11(10-18-8-4-7-16-18)17-15(19)14-9-12-5-2-3-6-13(12)20-14/h4,7-9,11H,2-3,5-6,10H2,1H3,(H,17,19)/t11-/m1/s1. The van der Waals surface area contributed by atoms with Gasteiger partial charge in [0.25, 0.3) is 5.91 Å². The van der Waals surface area contributed by atoms with Gasteiger partial charge in [-0.05, 0) is 50.3 Å². The highest BCUT2D eigenvalue weighted by molar-refractivity contribution is 7.14. The molecule has 2 aromatic heterocycles. The molecule has 1 aliphatic rings. The lowest BCUT2D eigenvalue weighted by molar-refractivity contribution is 0.0940. The van der Waals surface area contributed by atoms with E-state index in [4.69, 9.17) is 0 Å². The Morgan fingerprint density at radius 1 is 1.50 bits per heavy atom. The monoisotopic (exact) mass is 289 g/mol. The number of hydrogen-bond donors (Lipinski definition) is 1. The Labute approximate surface area is 122 Å². The molecule has 0 spiro atoms. The van der Waals surface area contributed by atoms with Crippen molar-refractivity contribution >= 4 is 17.2 Å². The Morgan fingerprint density at radius 2 is 2.35 bits per heavy atom. The first-order chi connectivity index (χ1) is 9.72. The second kappa shape index (κ2) is 5.79. The predicted molar refractivity (Wildman–Crippen MR) is 80.1 cm³/mol. The number of carbonyl (C=O) groups is 1. The van der Waals surface area contributed by atoms with Gasteiger partial charge in [0, 0.05) is 23.3 Å². The minimum atomic E-state index is 0.0454. The Morgan fingerprint density at radius 3 is 3.10 bits per heavy atom. The lowest BCUT2D eigenvalue weighted by Gasteiger charge is -2.13. The molecule has 2 heterocycles. The van der Waals surface area contributed by atoms with Gasteiger partial charge in [0.1, 0.15) is 0 Å². The topological polar surface area (TPSA) is 46.9 Å². The van der Waals surface area contributed by atoms with Crippen molar-refractivity contribution in [3.05, 3.63) is 39.8 Å². The van der Waals surface area contributed by atoms with Crippen LogP contribution in [0, 0.1) is 0 Å². The summed E-state index contributed by atoms with van der Waals surface area (Å²) in [6.45, 7) is 2.71. The van der Waals surface area contributed by atoms with Crippen LogP contribution in [0.2, 0.25) is 0 Å². The molecule has 1 atom stereocenters. The quantitative estimate of drug-likeness (QED) is 0.940. The van der Waals surface area contributed by atoms with Gasteiger partial charge < -0.3 is 5.32 Å². The van der Waals surface area contributed by atoms with Crippen molar-refractivity contribution in [3.63, 3.8) is 0 Å². The van der Waals surface area contributed by atoms with Gasteiger partial charge in [0.2, 0.25) is 0 Å². The summed E-state index contributed by atoms with van der Waals surface area (Å²) >= 11 is 1.66. The first kappa shape index (κ1) is 13.4. The highest BCUT2D eigenvalue weighted by atomic mass is 32.1. The smallest absolute Gasteiger partial charge is 0.261 e. The SMILES string of the molecule is C[C@H](Cn1cccn1)NC(=O)c1cc2c(s1)CCCC2. The number of carbonyl (C=O) groups excluding carboxylic acids is 1. The molecular weight excluding hydrogens is 270 g/mol. The fourth-order valence-electron chi connectivity index (χ4n) is 2.63. The molecule has 0 saturated carbocycles. The molecule has 1 N–H and O–H groups in total. The van der Waals surface area contributed by atoms with Crippen LogP contribution >= 0.6 is 11.3 Å². The maximum absolute atomic E-state index is 12.3. The largest absolute Gasteiger partial charge is 0.347 e. The zero-order chi connectivity index (χ0) is 13.9. The summed E-state index contributed by atoms with van der Waals surface area (Å²) in [6.07, 6.45) is 8.43. The number of rotatable bonds is 4. The predicted octanol–water partition coefficient (Wildman–Crippen LogP) is 2.64. The number of nitrogens with zero attached hydrogens (tertiary/aromatic N) is 2. The molecule has 0 saturated heterocycles. The molecule has 0 fully saturated rings. The number of nitrogens with one attached hydrogen (secondary N) is 1. The molecule has 3 rings (SSSR count). The van der Waals surface area contributed by atoms with E-state index in [1.165, 1.54) is 23.3 Å². The fraction of sp³-hybridized carbons (Fsp3) is 0.467. The minimum Gasteiger partial charge on any atom is -0.347 e. The molecule has 0 aromatic carbocycles. The van der Waals surface area contributed by atoms with Crippen molar-refractivity contribution in [2.45, 2.75) is 45.2 Å². The van der Waals surface area contributed by atoms with E-state index < -0.39 is 0 Å². The van der Waals surface area contributed by atoms with Crippen LogP contribution in [0.3, 0.4) is 0 Å². The van der Waals surface area contributed by atoms with Crippen LogP contribution in [0.25, 0.3) is 0 Å². The summed E-state index contributed by atoms with van der Waals surface area (Å²) in [4.78, 5) is 14.5. The molecule has 4 nitrogen and oxygen atoms in total. The van der Waals surface area contributed by atoms with Crippen molar-refractivity contribution in [1.82, 2.24) is 15.1 Å². The zero-order valence-corrected chi connectivity index (χ0v) is 12.4. The molecule has 2 aromatic rings. The van der Waals surface area contributed by atoms with Crippen molar-refractivity contribution in [2.75, 3.05) is 0 Å². The molecule has 0 aliphatic heterocycles. The highest BCUT2D eigenvalue weighted by Gasteiger charge is 2.18. The van der Waals surface area contributed by atoms with E-state index in [0.717, 1.165) is 17.7 Å². The average molecular weight is 289 g/mol. The summed E-state index contributed by atoms with van der Waals surface area (Å²) in [5, 5.41) is 7.21. The molecule has 0 unspecified atom stereocenters. The minimum absolute atomic E-state index is 0.0454. The molecule has 1 aliphatic carbocycles. The van der Waals surface area contributed by atoms with Crippen LogP contribution in [-0.4, -0.2) is 21.7 Å². The Bertz CT molecular complexity index is 565. The van der Waals surface area contributed by atoms with Gasteiger partial charge in [0.15, 0.2) is 0 Å². The molecular formula is C15H19N3OS. The maximum atomic E-state index is 12.3. The van der Waals surface area contributed by atoms with Crippen LogP contribution in [0.1, 0.15) is 39.9 Å². The van der Waals surface area contributed by atoms with Crippen LogP contribution in [0.5, 0.6) is 0 Å². The third kappa shape index (κ3) is 2.93. The van der Waals surface area contributed by atoms with Gasteiger partial charge in [-0.2, -0.15) is 5.10 Å². The maximum Gasteiger partial charge on any atom is 0.261 e. The second-order valence-corrected chi connectivity index (χ2v) is 6.51. The zero-order valence-electron chi connectivity index (χ0n) is 11.6. The van der Waals surface area contributed by atoms with E-state index in [0.29, 0.717) is 6.54 Å².